The number of rotatable bonds is 11. The van der Waals surface area contributed by atoms with Crippen molar-refractivity contribution < 1.29 is 14.2 Å². The fraction of sp³-hybridized carbons (Fsp3) is 0.286. The third-order valence-electron chi connectivity index (χ3n) is 5.71. The van der Waals surface area contributed by atoms with Gasteiger partial charge in [-0.1, -0.05) is 97.1 Å². The second-order valence-corrected chi connectivity index (χ2v) is 8.06. The molecule has 0 spiro atoms. The lowest BCUT2D eigenvalue weighted by Gasteiger charge is -2.26. The maximum atomic E-state index is 6.42. The minimum Gasteiger partial charge on any atom is -0.375 e. The van der Waals surface area contributed by atoms with Crippen LogP contribution in [0, 0.1) is 0 Å². The average Bonchev–Trinajstić information content (AvgIpc) is 3.19. The van der Waals surface area contributed by atoms with E-state index in [2.05, 4.69) is 48.3 Å². The van der Waals surface area contributed by atoms with Crippen LogP contribution in [0.15, 0.2) is 104 Å². The molecule has 1 aliphatic rings. The van der Waals surface area contributed by atoms with E-state index in [1.54, 1.807) is 0 Å². The summed E-state index contributed by atoms with van der Waals surface area (Å²) in [5.74, 6) is 0. The second-order valence-electron chi connectivity index (χ2n) is 8.06. The first-order chi connectivity index (χ1) is 15.8. The first-order valence-corrected chi connectivity index (χ1v) is 11.1. The lowest BCUT2D eigenvalue weighted by molar-refractivity contribution is -0.0828. The van der Waals surface area contributed by atoms with Gasteiger partial charge in [-0.3, -0.25) is 0 Å². The van der Waals surface area contributed by atoms with Crippen molar-refractivity contribution in [2.45, 2.75) is 44.1 Å². The largest absolute Gasteiger partial charge is 0.375 e. The van der Waals surface area contributed by atoms with E-state index in [-0.39, 0.29) is 24.3 Å². The Morgan fingerprint density at radius 2 is 1.12 bits per heavy atom. The van der Waals surface area contributed by atoms with Gasteiger partial charge in [0.1, 0.15) is 12.2 Å². The van der Waals surface area contributed by atoms with Gasteiger partial charge >= 0.3 is 0 Å². The van der Waals surface area contributed by atoms with Crippen LogP contribution in [-0.2, 0) is 34.0 Å². The number of nitrogens with one attached hydrogen (secondary N) is 1. The van der Waals surface area contributed by atoms with E-state index < -0.39 is 0 Å². The van der Waals surface area contributed by atoms with Crippen molar-refractivity contribution in [3.8, 4) is 0 Å². The minimum atomic E-state index is -0.155. The normalized spacial score (nSPS) is 22.6. The van der Waals surface area contributed by atoms with E-state index in [9.17, 15) is 0 Å². The second kappa shape index (κ2) is 11.7. The van der Waals surface area contributed by atoms with Crippen LogP contribution >= 0.6 is 0 Å². The summed E-state index contributed by atoms with van der Waals surface area (Å²) in [5, 5.41) is 3.61. The molecule has 0 radical (unpaired) electrons. The zero-order valence-corrected chi connectivity index (χ0v) is 18.3. The molecule has 0 unspecified atom stereocenters. The Morgan fingerprint density at radius 1 is 0.656 bits per heavy atom. The first kappa shape index (κ1) is 22.4. The van der Waals surface area contributed by atoms with E-state index in [1.165, 1.54) is 0 Å². The van der Waals surface area contributed by atoms with Crippen LogP contribution in [0.1, 0.15) is 16.7 Å². The van der Waals surface area contributed by atoms with Gasteiger partial charge in [0.2, 0.25) is 0 Å². The lowest BCUT2D eigenvalue weighted by Crippen LogP contribution is -2.40. The third-order valence-corrected chi connectivity index (χ3v) is 5.71. The molecule has 4 nitrogen and oxygen atoms in total. The molecule has 1 saturated heterocycles. The fourth-order valence-corrected chi connectivity index (χ4v) is 4.04. The molecule has 0 bridgehead atoms. The van der Waals surface area contributed by atoms with Crippen LogP contribution in [-0.4, -0.2) is 30.9 Å². The van der Waals surface area contributed by atoms with Gasteiger partial charge in [-0.25, -0.2) is 0 Å². The molecule has 166 valence electrons. The van der Waals surface area contributed by atoms with E-state index in [0.29, 0.717) is 26.4 Å². The summed E-state index contributed by atoms with van der Waals surface area (Å²) in [7, 11) is 0. The van der Waals surface area contributed by atoms with Gasteiger partial charge in [-0.15, -0.1) is 6.58 Å². The summed E-state index contributed by atoms with van der Waals surface area (Å²) in [6, 6.07) is 30.7. The molecule has 4 rings (SSSR count). The van der Waals surface area contributed by atoms with Crippen molar-refractivity contribution in [1.82, 2.24) is 5.32 Å². The number of ether oxygens (including phenoxy) is 3. The SMILES string of the molecule is C=C[C@@H]1N[C@@H](COCc2ccccc2)[C@@H](OCc2ccccc2)[C@H]1OCc1ccccc1. The zero-order chi connectivity index (χ0) is 22.0. The topological polar surface area (TPSA) is 39.7 Å². The van der Waals surface area contributed by atoms with Crippen LogP contribution in [0.5, 0.6) is 0 Å². The van der Waals surface area contributed by atoms with Gasteiger partial charge < -0.3 is 19.5 Å². The highest BCUT2D eigenvalue weighted by atomic mass is 16.5. The van der Waals surface area contributed by atoms with Gasteiger partial charge in [0.05, 0.1) is 38.5 Å². The Hall–Kier alpha value is -2.76. The summed E-state index contributed by atoms with van der Waals surface area (Å²) in [4.78, 5) is 0. The summed E-state index contributed by atoms with van der Waals surface area (Å²) >= 11 is 0. The molecule has 0 amide bonds. The molecule has 0 aliphatic carbocycles. The Kier molecular flexibility index (Phi) is 8.23. The van der Waals surface area contributed by atoms with Crippen molar-refractivity contribution in [3.63, 3.8) is 0 Å². The van der Waals surface area contributed by atoms with Crippen molar-refractivity contribution in [2.24, 2.45) is 0 Å². The average molecular weight is 430 g/mol. The van der Waals surface area contributed by atoms with Crippen molar-refractivity contribution in [1.29, 1.82) is 0 Å². The monoisotopic (exact) mass is 429 g/mol. The van der Waals surface area contributed by atoms with Crippen LogP contribution in [0.3, 0.4) is 0 Å². The minimum absolute atomic E-state index is 0.00574. The van der Waals surface area contributed by atoms with Crippen LogP contribution in [0.25, 0.3) is 0 Å². The molecular weight excluding hydrogens is 398 g/mol. The molecule has 1 fully saturated rings. The summed E-state index contributed by atoms with van der Waals surface area (Å²) in [5.41, 5.74) is 3.44. The predicted molar refractivity (Wildman–Crippen MR) is 127 cm³/mol. The highest BCUT2D eigenvalue weighted by molar-refractivity contribution is 5.16. The first-order valence-electron chi connectivity index (χ1n) is 11.1. The van der Waals surface area contributed by atoms with Crippen molar-refractivity contribution in [2.75, 3.05) is 6.61 Å². The third kappa shape index (κ3) is 6.15. The molecule has 1 N–H and O–H groups in total. The number of hydrogen-bond donors (Lipinski definition) is 1. The van der Waals surface area contributed by atoms with E-state index in [4.69, 9.17) is 14.2 Å². The molecule has 0 aromatic heterocycles. The molecule has 0 saturated carbocycles. The maximum absolute atomic E-state index is 6.42. The summed E-state index contributed by atoms with van der Waals surface area (Å²) in [6.07, 6.45) is 1.60. The Bertz CT molecular complexity index is 933. The van der Waals surface area contributed by atoms with Gasteiger partial charge in [0.15, 0.2) is 0 Å². The quantitative estimate of drug-likeness (QED) is 0.440. The predicted octanol–water partition coefficient (Wildman–Crippen LogP) is 4.90. The number of benzene rings is 3. The Labute approximate surface area is 190 Å². The molecule has 4 heteroatoms. The molecule has 3 aromatic carbocycles. The van der Waals surface area contributed by atoms with E-state index >= 15 is 0 Å². The highest BCUT2D eigenvalue weighted by Crippen LogP contribution is 2.25. The molecule has 3 aromatic rings. The molecular formula is C28H31NO3. The van der Waals surface area contributed by atoms with Gasteiger partial charge in [-0.2, -0.15) is 0 Å². The van der Waals surface area contributed by atoms with Crippen molar-refractivity contribution >= 4 is 0 Å². The lowest BCUT2D eigenvalue weighted by atomic mass is 10.1. The van der Waals surface area contributed by atoms with E-state index in [1.807, 2.05) is 60.7 Å². The van der Waals surface area contributed by atoms with Crippen LogP contribution in [0.2, 0.25) is 0 Å². The molecule has 32 heavy (non-hydrogen) atoms. The molecule has 1 aliphatic heterocycles. The van der Waals surface area contributed by atoms with Crippen molar-refractivity contribution in [3.05, 3.63) is 120 Å². The fourth-order valence-electron chi connectivity index (χ4n) is 4.04. The molecule has 4 atom stereocenters. The molecule has 1 heterocycles. The van der Waals surface area contributed by atoms with Gasteiger partial charge in [0, 0.05) is 0 Å². The summed E-state index contributed by atoms with van der Waals surface area (Å²) < 4.78 is 18.9. The highest BCUT2D eigenvalue weighted by Gasteiger charge is 2.43. The zero-order valence-electron chi connectivity index (χ0n) is 18.3. The maximum Gasteiger partial charge on any atom is 0.105 e. The van der Waals surface area contributed by atoms with Crippen LogP contribution < -0.4 is 5.32 Å². The van der Waals surface area contributed by atoms with Gasteiger partial charge in [-0.05, 0) is 16.7 Å². The Morgan fingerprint density at radius 3 is 1.62 bits per heavy atom. The smallest absolute Gasteiger partial charge is 0.105 e. The number of hydrogen-bond acceptors (Lipinski definition) is 4. The standard InChI is InChI=1S/C28H31NO3/c1-2-25-27(31-19-23-14-8-4-9-15-23)28(32-20-24-16-10-5-11-17-24)26(29-25)21-30-18-22-12-6-3-7-13-22/h2-17,25-29H,1,18-21H2/t25-,26-,27-,28+/m0/s1. The summed E-state index contributed by atoms with van der Waals surface area (Å²) in [6.45, 7) is 6.18. The van der Waals surface area contributed by atoms with Crippen LogP contribution in [0.4, 0.5) is 0 Å². The Balaban J connectivity index is 1.43. The van der Waals surface area contributed by atoms with Gasteiger partial charge in [0.25, 0.3) is 0 Å². The van der Waals surface area contributed by atoms with E-state index in [0.717, 1.165) is 16.7 Å².